The Morgan fingerprint density at radius 2 is 2.62 bits per heavy atom. The van der Waals surface area contributed by atoms with Crippen molar-refractivity contribution in [2.75, 3.05) is 6.54 Å². The van der Waals surface area contributed by atoms with Gasteiger partial charge in [-0.1, -0.05) is 6.08 Å². The van der Waals surface area contributed by atoms with E-state index >= 15 is 0 Å². The first-order chi connectivity index (χ1) is 6.22. The summed E-state index contributed by atoms with van der Waals surface area (Å²) in [6.07, 6.45) is 1.96. The van der Waals surface area contributed by atoms with Crippen molar-refractivity contribution in [2.24, 2.45) is 0 Å². The first kappa shape index (κ1) is 9.51. The number of aromatic nitrogens is 2. The van der Waals surface area contributed by atoms with Gasteiger partial charge in [0.1, 0.15) is 0 Å². The van der Waals surface area contributed by atoms with E-state index in [0.717, 1.165) is 11.4 Å². The molecule has 0 saturated carbocycles. The molecule has 0 radical (unpaired) electrons. The molecule has 4 heteroatoms. The van der Waals surface area contributed by atoms with Gasteiger partial charge in [0, 0.05) is 12.2 Å². The highest BCUT2D eigenvalue weighted by atomic mass is 16.1. The predicted molar refractivity (Wildman–Crippen MR) is 50.2 cm³/mol. The van der Waals surface area contributed by atoms with E-state index in [0.29, 0.717) is 13.0 Å². The van der Waals surface area contributed by atoms with Crippen LogP contribution in [0.2, 0.25) is 0 Å². The molecule has 0 aliphatic heterocycles. The lowest BCUT2D eigenvalue weighted by atomic mass is 10.3. The van der Waals surface area contributed by atoms with E-state index in [9.17, 15) is 4.79 Å². The Bertz CT molecular complexity index is 304. The van der Waals surface area contributed by atoms with Crippen LogP contribution >= 0.6 is 0 Å². The summed E-state index contributed by atoms with van der Waals surface area (Å²) in [6, 6.07) is 1.85. The third-order valence-electron chi connectivity index (χ3n) is 1.54. The zero-order valence-electron chi connectivity index (χ0n) is 7.63. The molecule has 0 saturated heterocycles. The van der Waals surface area contributed by atoms with Crippen molar-refractivity contribution in [1.29, 1.82) is 0 Å². The van der Waals surface area contributed by atoms with Crippen LogP contribution in [0.5, 0.6) is 0 Å². The maximum atomic E-state index is 11.2. The molecule has 2 N–H and O–H groups in total. The van der Waals surface area contributed by atoms with Crippen molar-refractivity contribution in [2.45, 2.75) is 13.3 Å². The molecule has 0 fully saturated rings. The summed E-state index contributed by atoms with van der Waals surface area (Å²) in [5.41, 5.74) is 1.73. The lowest BCUT2D eigenvalue weighted by molar-refractivity contribution is -0.120. The van der Waals surface area contributed by atoms with E-state index < -0.39 is 0 Å². The van der Waals surface area contributed by atoms with Crippen LogP contribution in [-0.4, -0.2) is 22.6 Å². The summed E-state index contributed by atoms with van der Waals surface area (Å²) < 4.78 is 0. The Morgan fingerprint density at radius 1 is 1.85 bits per heavy atom. The molecule has 13 heavy (non-hydrogen) atoms. The van der Waals surface area contributed by atoms with Gasteiger partial charge < -0.3 is 5.32 Å². The second kappa shape index (κ2) is 4.45. The zero-order valence-corrected chi connectivity index (χ0v) is 7.63. The average Bonchev–Trinajstić information content (AvgIpc) is 2.48. The molecule has 1 amide bonds. The van der Waals surface area contributed by atoms with Crippen LogP contribution in [0.3, 0.4) is 0 Å². The van der Waals surface area contributed by atoms with Gasteiger partial charge in [-0.25, -0.2) is 0 Å². The van der Waals surface area contributed by atoms with Crippen molar-refractivity contribution >= 4 is 5.91 Å². The van der Waals surface area contributed by atoms with Crippen LogP contribution in [0.15, 0.2) is 18.7 Å². The molecule has 0 aliphatic rings. The number of hydrogen-bond donors (Lipinski definition) is 2. The summed E-state index contributed by atoms with van der Waals surface area (Å²) in [7, 11) is 0. The van der Waals surface area contributed by atoms with Gasteiger partial charge in [-0.15, -0.1) is 6.58 Å². The fourth-order valence-corrected chi connectivity index (χ4v) is 0.978. The molecule has 0 spiro atoms. The normalized spacial score (nSPS) is 9.62. The van der Waals surface area contributed by atoms with Crippen molar-refractivity contribution in [3.8, 4) is 0 Å². The van der Waals surface area contributed by atoms with E-state index in [1.807, 2.05) is 13.0 Å². The van der Waals surface area contributed by atoms with Crippen molar-refractivity contribution in [3.05, 3.63) is 30.1 Å². The smallest absolute Gasteiger partial charge is 0.226 e. The van der Waals surface area contributed by atoms with Gasteiger partial charge in [-0.2, -0.15) is 5.10 Å². The van der Waals surface area contributed by atoms with E-state index in [1.165, 1.54) is 0 Å². The average molecular weight is 179 g/mol. The predicted octanol–water partition coefficient (Wildman–Crippen LogP) is 0.563. The van der Waals surface area contributed by atoms with Crippen LogP contribution in [0, 0.1) is 6.92 Å². The highest BCUT2D eigenvalue weighted by Gasteiger charge is 2.04. The van der Waals surface area contributed by atoms with E-state index in [4.69, 9.17) is 0 Å². The van der Waals surface area contributed by atoms with Crippen molar-refractivity contribution in [3.63, 3.8) is 0 Å². The molecule has 1 heterocycles. The number of carbonyl (C=O) groups excluding carboxylic acids is 1. The number of nitrogens with zero attached hydrogens (tertiary/aromatic N) is 1. The van der Waals surface area contributed by atoms with Gasteiger partial charge in [0.15, 0.2) is 0 Å². The van der Waals surface area contributed by atoms with E-state index in [2.05, 4.69) is 22.1 Å². The largest absolute Gasteiger partial charge is 0.352 e. The van der Waals surface area contributed by atoms with Crippen LogP contribution in [0.4, 0.5) is 0 Å². The molecule has 1 aromatic rings. The molecular formula is C9H13N3O. The molecule has 0 atom stereocenters. The summed E-state index contributed by atoms with van der Waals surface area (Å²) >= 11 is 0. The van der Waals surface area contributed by atoms with Gasteiger partial charge in [0.05, 0.1) is 12.1 Å². The van der Waals surface area contributed by atoms with Gasteiger partial charge in [-0.3, -0.25) is 9.89 Å². The Balaban J connectivity index is 2.40. The fourth-order valence-electron chi connectivity index (χ4n) is 0.978. The van der Waals surface area contributed by atoms with Crippen LogP contribution < -0.4 is 5.32 Å². The third kappa shape index (κ3) is 3.11. The molecule has 4 nitrogen and oxygen atoms in total. The highest BCUT2D eigenvalue weighted by molar-refractivity contribution is 5.78. The molecule has 0 bridgehead atoms. The first-order valence-electron chi connectivity index (χ1n) is 4.11. The lowest BCUT2D eigenvalue weighted by Crippen LogP contribution is -2.25. The van der Waals surface area contributed by atoms with E-state index in [-0.39, 0.29) is 5.91 Å². The Hall–Kier alpha value is -1.58. The summed E-state index contributed by atoms with van der Waals surface area (Å²) in [5.74, 6) is -0.0357. The standard InChI is InChI=1S/C9H13N3O/c1-3-4-10-9(13)6-8-5-7(2)11-12-8/h3,5H,1,4,6H2,2H3,(H,10,13)(H,11,12). The summed E-state index contributed by atoms with van der Waals surface area (Å²) in [5, 5.41) is 9.41. The SMILES string of the molecule is C=CCNC(=O)Cc1cc(C)[nH]n1. The molecular weight excluding hydrogens is 166 g/mol. The Kier molecular flexibility index (Phi) is 3.25. The number of H-pyrrole nitrogens is 1. The minimum atomic E-state index is -0.0357. The molecule has 1 rings (SSSR count). The fraction of sp³-hybridized carbons (Fsp3) is 0.333. The van der Waals surface area contributed by atoms with Gasteiger partial charge in [-0.05, 0) is 13.0 Å². The maximum absolute atomic E-state index is 11.2. The van der Waals surface area contributed by atoms with Crippen LogP contribution in [-0.2, 0) is 11.2 Å². The maximum Gasteiger partial charge on any atom is 0.226 e. The minimum absolute atomic E-state index is 0.0357. The molecule has 0 aromatic carbocycles. The monoisotopic (exact) mass is 179 g/mol. The number of nitrogens with one attached hydrogen (secondary N) is 2. The first-order valence-corrected chi connectivity index (χ1v) is 4.11. The molecule has 0 aliphatic carbocycles. The summed E-state index contributed by atoms with van der Waals surface area (Å²) in [6.45, 7) is 5.91. The highest BCUT2D eigenvalue weighted by Crippen LogP contribution is 1.97. The Labute approximate surface area is 77.0 Å². The Morgan fingerprint density at radius 3 is 3.15 bits per heavy atom. The number of rotatable bonds is 4. The molecule has 1 aromatic heterocycles. The molecule has 0 unspecified atom stereocenters. The van der Waals surface area contributed by atoms with E-state index in [1.54, 1.807) is 6.08 Å². The third-order valence-corrected chi connectivity index (χ3v) is 1.54. The number of aryl methyl sites for hydroxylation is 1. The second-order valence-electron chi connectivity index (χ2n) is 2.81. The lowest BCUT2D eigenvalue weighted by Gasteiger charge is -1.98. The van der Waals surface area contributed by atoms with Crippen LogP contribution in [0.1, 0.15) is 11.4 Å². The number of carbonyl (C=O) groups is 1. The van der Waals surface area contributed by atoms with Gasteiger partial charge >= 0.3 is 0 Å². The topological polar surface area (TPSA) is 57.8 Å². The second-order valence-corrected chi connectivity index (χ2v) is 2.81. The van der Waals surface area contributed by atoms with Crippen LogP contribution in [0.25, 0.3) is 0 Å². The zero-order chi connectivity index (χ0) is 9.68. The number of hydrogen-bond acceptors (Lipinski definition) is 2. The minimum Gasteiger partial charge on any atom is -0.352 e. The van der Waals surface area contributed by atoms with Crippen molar-refractivity contribution < 1.29 is 4.79 Å². The molecule has 70 valence electrons. The number of amides is 1. The quantitative estimate of drug-likeness (QED) is 0.663. The number of aromatic amines is 1. The van der Waals surface area contributed by atoms with Gasteiger partial charge in [0.2, 0.25) is 5.91 Å². The van der Waals surface area contributed by atoms with Gasteiger partial charge in [0.25, 0.3) is 0 Å². The van der Waals surface area contributed by atoms with Crippen molar-refractivity contribution in [1.82, 2.24) is 15.5 Å². The summed E-state index contributed by atoms with van der Waals surface area (Å²) in [4.78, 5) is 11.2.